The lowest BCUT2D eigenvalue weighted by Crippen LogP contribution is -2.15. The summed E-state index contributed by atoms with van der Waals surface area (Å²) in [5.41, 5.74) is 1.87. The van der Waals surface area contributed by atoms with Crippen molar-refractivity contribution in [3.63, 3.8) is 0 Å². The van der Waals surface area contributed by atoms with Crippen molar-refractivity contribution in [3.8, 4) is 0 Å². The van der Waals surface area contributed by atoms with Gasteiger partial charge in [-0.3, -0.25) is 4.79 Å². The lowest BCUT2D eigenvalue weighted by Gasteiger charge is -2.10. The number of hydrogen-bond donors (Lipinski definition) is 1. The van der Waals surface area contributed by atoms with E-state index in [1.807, 2.05) is 11.5 Å². The van der Waals surface area contributed by atoms with Gasteiger partial charge in [-0.2, -0.15) is 5.06 Å². The molecular weight excluding hydrogens is 210 g/mol. The number of nitrogens with zero attached hydrogens (tertiary/aromatic N) is 3. The van der Waals surface area contributed by atoms with E-state index in [0.29, 0.717) is 13.1 Å². The molecule has 0 unspecified atom stereocenters. The molecule has 0 aromatic carbocycles. The smallest absolute Gasteiger partial charge is 0.303 e. The summed E-state index contributed by atoms with van der Waals surface area (Å²) in [6.45, 7) is 5.25. The van der Waals surface area contributed by atoms with Crippen molar-refractivity contribution in [2.24, 2.45) is 0 Å². The van der Waals surface area contributed by atoms with Crippen LogP contribution in [0.4, 0.5) is 0 Å². The van der Waals surface area contributed by atoms with E-state index in [2.05, 4.69) is 4.98 Å². The molecule has 6 nitrogen and oxygen atoms in total. The second-order valence-electron chi connectivity index (χ2n) is 3.77. The van der Waals surface area contributed by atoms with Crippen molar-refractivity contribution in [3.05, 3.63) is 17.2 Å². The Morgan fingerprint density at radius 1 is 1.56 bits per heavy atom. The Bertz CT molecular complexity index is 414. The lowest BCUT2D eigenvalue weighted by molar-refractivity contribution is -0.142. The number of aromatic nitrogens is 2. The van der Waals surface area contributed by atoms with Gasteiger partial charge in [-0.15, -0.1) is 0 Å². The molecule has 6 heteroatoms. The first-order chi connectivity index (χ1) is 7.61. The summed E-state index contributed by atoms with van der Waals surface area (Å²) in [4.78, 5) is 15.1. The summed E-state index contributed by atoms with van der Waals surface area (Å²) in [6.07, 6.45) is 0. The summed E-state index contributed by atoms with van der Waals surface area (Å²) in [5, 5.41) is 10.6. The molecule has 0 saturated heterocycles. The summed E-state index contributed by atoms with van der Waals surface area (Å²) in [7, 11) is 0. The fraction of sp³-hybridized carbons (Fsp3) is 0.600. The van der Waals surface area contributed by atoms with E-state index in [1.165, 1.54) is 12.0 Å². The third-order valence-corrected chi connectivity index (χ3v) is 2.62. The number of rotatable bonds is 3. The molecular formula is C10H15N3O3. The summed E-state index contributed by atoms with van der Waals surface area (Å²) in [5.74, 6) is 0.436. The van der Waals surface area contributed by atoms with Crippen LogP contribution in [0, 0.1) is 0 Å². The van der Waals surface area contributed by atoms with Gasteiger partial charge in [-0.25, -0.2) is 4.98 Å². The molecule has 1 N–H and O–H groups in total. The number of imidazole rings is 1. The number of hydroxylamine groups is 2. The minimum absolute atomic E-state index is 0.196. The van der Waals surface area contributed by atoms with E-state index in [4.69, 9.17) is 4.74 Å². The molecule has 0 fully saturated rings. The van der Waals surface area contributed by atoms with Gasteiger partial charge in [0.2, 0.25) is 0 Å². The minimum Gasteiger partial charge on any atom is -0.458 e. The van der Waals surface area contributed by atoms with E-state index in [0.717, 1.165) is 23.8 Å². The van der Waals surface area contributed by atoms with Crippen LogP contribution in [-0.2, 0) is 35.8 Å². The fourth-order valence-electron chi connectivity index (χ4n) is 1.95. The SMILES string of the molecule is CCn1c(COC(C)=O)nc2c1CN(O)C2. The highest BCUT2D eigenvalue weighted by Crippen LogP contribution is 2.22. The number of hydrogen-bond acceptors (Lipinski definition) is 5. The fourth-order valence-corrected chi connectivity index (χ4v) is 1.95. The Labute approximate surface area is 93.4 Å². The molecule has 1 aliphatic rings. The molecule has 2 heterocycles. The maximum atomic E-state index is 10.7. The second-order valence-corrected chi connectivity index (χ2v) is 3.77. The van der Waals surface area contributed by atoms with E-state index >= 15 is 0 Å². The highest BCUT2D eigenvalue weighted by Gasteiger charge is 2.25. The normalized spacial score (nSPS) is 15.2. The van der Waals surface area contributed by atoms with Gasteiger partial charge in [-0.1, -0.05) is 0 Å². The van der Waals surface area contributed by atoms with Gasteiger partial charge in [0.05, 0.1) is 24.5 Å². The zero-order chi connectivity index (χ0) is 11.7. The third-order valence-electron chi connectivity index (χ3n) is 2.62. The van der Waals surface area contributed by atoms with Crippen LogP contribution in [0.5, 0.6) is 0 Å². The zero-order valence-electron chi connectivity index (χ0n) is 9.43. The summed E-state index contributed by atoms with van der Waals surface area (Å²) in [6, 6.07) is 0. The topological polar surface area (TPSA) is 67.6 Å². The van der Waals surface area contributed by atoms with E-state index in [-0.39, 0.29) is 12.6 Å². The van der Waals surface area contributed by atoms with Gasteiger partial charge >= 0.3 is 5.97 Å². The molecule has 1 aromatic heterocycles. The molecule has 0 spiro atoms. The Balaban J connectivity index is 2.21. The predicted octanol–water partition coefficient (Wildman–Crippen LogP) is 0.671. The number of ether oxygens (including phenoxy) is 1. The largest absolute Gasteiger partial charge is 0.458 e. The molecule has 1 aliphatic heterocycles. The van der Waals surface area contributed by atoms with Crippen molar-refractivity contribution in [1.29, 1.82) is 0 Å². The van der Waals surface area contributed by atoms with Gasteiger partial charge in [0.25, 0.3) is 0 Å². The molecule has 0 bridgehead atoms. The van der Waals surface area contributed by atoms with Crippen molar-refractivity contribution in [1.82, 2.24) is 14.6 Å². The summed E-state index contributed by atoms with van der Waals surface area (Å²) >= 11 is 0. The molecule has 0 atom stereocenters. The molecule has 2 rings (SSSR count). The molecule has 0 aliphatic carbocycles. The molecule has 1 aromatic rings. The zero-order valence-corrected chi connectivity index (χ0v) is 9.43. The average Bonchev–Trinajstić information content (AvgIpc) is 2.69. The Morgan fingerprint density at radius 2 is 2.31 bits per heavy atom. The molecule has 88 valence electrons. The predicted molar refractivity (Wildman–Crippen MR) is 54.4 cm³/mol. The van der Waals surface area contributed by atoms with Crippen LogP contribution in [0.25, 0.3) is 0 Å². The quantitative estimate of drug-likeness (QED) is 0.766. The van der Waals surface area contributed by atoms with Crippen molar-refractivity contribution in [2.75, 3.05) is 0 Å². The molecule has 0 saturated carbocycles. The Morgan fingerprint density at radius 3 is 2.94 bits per heavy atom. The first-order valence-corrected chi connectivity index (χ1v) is 5.26. The van der Waals surface area contributed by atoms with E-state index in [1.54, 1.807) is 0 Å². The number of carbonyl (C=O) groups excluding carboxylic acids is 1. The minimum atomic E-state index is -0.311. The molecule has 0 amide bonds. The number of fused-ring (bicyclic) bond motifs is 1. The maximum Gasteiger partial charge on any atom is 0.303 e. The van der Waals surface area contributed by atoms with Crippen LogP contribution in [0.15, 0.2) is 0 Å². The first-order valence-electron chi connectivity index (χ1n) is 5.26. The molecule has 16 heavy (non-hydrogen) atoms. The second kappa shape index (κ2) is 4.23. The van der Waals surface area contributed by atoms with Gasteiger partial charge in [-0.05, 0) is 6.92 Å². The van der Waals surface area contributed by atoms with Crippen LogP contribution in [0.3, 0.4) is 0 Å². The number of carbonyl (C=O) groups is 1. The highest BCUT2D eigenvalue weighted by molar-refractivity contribution is 5.65. The van der Waals surface area contributed by atoms with Crippen molar-refractivity contribution >= 4 is 5.97 Å². The van der Waals surface area contributed by atoms with Crippen LogP contribution in [0.1, 0.15) is 31.1 Å². The first kappa shape index (κ1) is 11.1. The Hall–Kier alpha value is -1.40. The van der Waals surface area contributed by atoms with E-state index < -0.39 is 0 Å². The number of esters is 1. The van der Waals surface area contributed by atoms with Gasteiger partial charge in [0, 0.05) is 13.5 Å². The standard InChI is InChI=1S/C10H15N3O3/c1-3-13-9-5-12(15)4-8(9)11-10(13)6-16-7(2)14/h15H,3-6H2,1-2H3. The van der Waals surface area contributed by atoms with Gasteiger partial charge in [0.15, 0.2) is 0 Å². The van der Waals surface area contributed by atoms with Crippen LogP contribution in [-0.4, -0.2) is 25.8 Å². The van der Waals surface area contributed by atoms with Crippen LogP contribution < -0.4 is 0 Å². The lowest BCUT2D eigenvalue weighted by atomic mass is 10.4. The van der Waals surface area contributed by atoms with Crippen molar-refractivity contribution < 1.29 is 14.7 Å². The monoisotopic (exact) mass is 225 g/mol. The van der Waals surface area contributed by atoms with Crippen LogP contribution >= 0.6 is 0 Å². The maximum absolute atomic E-state index is 10.7. The highest BCUT2D eigenvalue weighted by atomic mass is 16.5. The Kier molecular flexibility index (Phi) is 2.93. The average molecular weight is 225 g/mol. The van der Waals surface area contributed by atoms with E-state index in [9.17, 15) is 10.0 Å². The van der Waals surface area contributed by atoms with Crippen molar-refractivity contribution in [2.45, 2.75) is 40.1 Å². The molecule has 0 radical (unpaired) electrons. The van der Waals surface area contributed by atoms with Crippen LogP contribution in [0.2, 0.25) is 0 Å². The summed E-state index contributed by atoms with van der Waals surface area (Å²) < 4.78 is 6.92. The van der Waals surface area contributed by atoms with Gasteiger partial charge in [0.1, 0.15) is 12.4 Å². The van der Waals surface area contributed by atoms with Gasteiger partial charge < -0.3 is 14.5 Å². The third kappa shape index (κ3) is 1.94.